The van der Waals surface area contributed by atoms with Crippen molar-refractivity contribution in [1.29, 1.82) is 0 Å². The molecule has 7 nitrogen and oxygen atoms in total. The first-order chi connectivity index (χ1) is 14.2. The Balaban J connectivity index is 1.62. The van der Waals surface area contributed by atoms with E-state index in [0.717, 1.165) is 11.3 Å². The number of morpholine rings is 1. The minimum Gasteiger partial charge on any atom is -0.497 e. The molecule has 1 fully saturated rings. The Morgan fingerprint density at radius 1 is 1.24 bits per heavy atom. The summed E-state index contributed by atoms with van der Waals surface area (Å²) < 4.78 is 17.9. The van der Waals surface area contributed by atoms with Crippen LogP contribution in [0.2, 0.25) is 0 Å². The van der Waals surface area contributed by atoms with E-state index in [2.05, 4.69) is 0 Å². The first-order valence-electron chi connectivity index (χ1n) is 9.57. The first kappa shape index (κ1) is 19.1. The van der Waals surface area contributed by atoms with Gasteiger partial charge in [-0.1, -0.05) is 24.3 Å². The van der Waals surface area contributed by atoms with Crippen molar-refractivity contribution in [3.63, 3.8) is 0 Å². The van der Waals surface area contributed by atoms with Gasteiger partial charge in [-0.15, -0.1) is 4.58 Å². The molecule has 2 amide bonds. The second-order valence-electron chi connectivity index (χ2n) is 6.87. The molecule has 1 aromatic carbocycles. The van der Waals surface area contributed by atoms with Crippen molar-refractivity contribution in [1.82, 2.24) is 4.90 Å². The Morgan fingerprint density at radius 2 is 2.00 bits per heavy atom. The van der Waals surface area contributed by atoms with Gasteiger partial charge in [0.2, 0.25) is 24.1 Å². The first-order valence-corrected chi connectivity index (χ1v) is 9.57. The van der Waals surface area contributed by atoms with Crippen molar-refractivity contribution in [3.05, 3.63) is 59.9 Å². The van der Waals surface area contributed by atoms with Gasteiger partial charge in [0, 0.05) is 19.2 Å². The van der Waals surface area contributed by atoms with E-state index in [1.807, 2.05) is 48.6 Å². The third-order valence-corrected chi connectivity index (χ3v) is 5.05. The molecular weight excluding hydrogens is 372 g/mol. The molecule has 1 unspecified atom stereocenters. The Hall–Kier alpha value is -3.19. The van der Waals surface area contributed by atoms with Gasteiger partial charge in [0.1, 0.15) is 5.75 Å². The number of allylic oxidation sites excluding steroid dienone is 2. The van der Waals surface area contributed by atoms with E-state index in [1.54, 1.807) is 18.1 Å². The zero-order valence-corrected chi connectivity index (χ0v) is 16.2. The number of amides is 2. The fourth-order valence-corrected chi connectivity index (χ4v) is 3.45. The monoisotopic (exact) mass is 395 g/mol. The van der Waals surface area contributed by atoms with E-state index in [0.29, 0.717) is 32.0 Å². The molecule has 7 heteroatoms. The Kier molecular flexibility index (Phi) is 5.57. The molecular formula is C22H23N2O5+. The minimum atomic E-state index is -0.403. The van der Waals surface area contributed by atoms with Gasteiger partial charge < -0.3 is 19.1 Å². The second kappa shape index (κ2) is 8.45. The van der Waals surface area contributed by atoms with Crippen LogP contribution in [0, 0.1) is 0 Å². The molecule has 0 N–H and O–H groups in total. The highest BCUT2D eigenvalue weighted by molar-refractivity contribution is 6.06. The lowest BCUT2D eigenvalue weighted by Crippen LogP contribution is -2.49. The number of benzene rings is 1. The SMILES string of the molecule is COc1ccc(/C=C2\OC3C=CC=CC3=[N+](CC(=O)N3CCOCC3)C2=O)cc1. The molecule has 0 aromatic heterocycles. The lowest BCUT2D eigenvalue weighted by molar-refractivity contribution is -0.444. The quantitative estimate of drug-likeness (QED) is 0.570. The maximum atomic E-state index is 13.2. The standard InChI is InChI=1S/C22H23N2O5/c1-27-17-8-6-16(7-9-17)14-20-22(26)24(18-4-2-3-5-19(18)29-20)15-21(25)23-10-12-28-13-11-23/h2-9,14,19H,10-13,15H2,1H3/q+1/b20-14-. The normalized spacial score (nSPS) is 22.5. The van der Waals surface area contributed by atoms with Crippen LogP contribution in [0.4, 0.5) is 0 Å². The Labute approximate surface area is 169 Å². The maximum Gasteiger partial charge on any atom is 0.455 e. The molecule has 150 valence electrons. The van der Waals surface area contributed by atoms with Crippen LogP contribution < -0.4 is 4.74 Å². The number of hydrogen-bond donors (Lipinski definition) is 0. The number of ether oxygens (including phenoxy) is 3. The summed E-state index contributed by atoms with van der Waals surface area (Å²) in [5, 5.41) is 0. The zero-order valence-electron chi connectivity index (χ0n) is 16.2. The molecule has 0 saturated carbocycles. The molecule has 1 atom stereocenters. The van der Waals surface area contributed by atoms with Crippen LogP contribution in [0.1, 0.15) is 5.56 Å². The van der Waals surface area contributed by atoms with Crippen molar-refractivity contribution in [2.75, 3.05) is 40.0 Å². The van der Waals surface area contributed by atoms with E-state index in [1.165, 1.54) is 4.58 Å². The summed E-state index contributed by atoms with van der Waals surface area (Å²) in [5.74, 6) is 0.519. The van der Waals surface area contributed by atoms with Crippen LogP contribution in [0.15, 0.2) is 54.3 Å². The van der Waals surface area contributed by atoms with Crippen LogP contribution in [0.5, 0.6) is 5.75 Å². The highest BCUT2D eigenvalue weighted by Gasteiger charge is 2.41. The summed E-state index contributed by atoms with van der Waals surface area (Å²) in [7, 11) is 1.60. The Bertz CT molecular complexity index is 921. The number of fused-ring (bicyclic) bond motifs is 1. The topological polar surface area (TPSA) is 68.1 Å². The molecule has 1 aliphatic carbocycles. The number of carbonyl (C=O) groups excluding carboxylic acids is 2. The van der Waals surface area contributed by atoms with E-state index in [4.69, 9.17) is 14.2 Å². The predicted octanol–water partition coefficient (Wildman–Crippen LogP) is 1.40. The van der Waals surface area contributed by atoms with Gasteiger partial charge in [-0.25, -0.2) is 4.79 Å². The molecule has 29 heavy (non-hydrogen) atoms. The smallest absolute Gasteiger partial charge is 0.455 e. The van der Waals surface area contributed by atoms with Crippen LogP contribution >= 0.6 is 0 Å². The fourth-order valence-electron chi connectivity index (χ4n) is 3.45. The lowest BCUT2D eigenvalue weighted by Gasteiger charge is -2.27. The average molecular weight is 395 g/mol. The minimum absolute atomic E-state index is 0.0217. The lowest BCUT2D eigenvalue weighted by atomic mass is 10.1. The number of rotatable bonds is 4. The van der Waals surface area contributed by atoms with Crippen LogP contribution in [-0.2, 0) is 19.1 Å². The number of hydrogen-bond acceptors (Lipinski definition) is 5. The summed E-state index contributed by atoms with van der Waals surface area (Å²) in [6, 6.07) is 7.34. The summed E-state index contributed by atoms with van der Waals surface area (Å²) in [4.78, 5) is 27.7. The van der Waals surface area contributed by atoms with Gasteiger partial charge in [0.15, 0.2) is 0 Å². The fraction of sp³-hybridized carbons (Fsp3) is 0.318. The third kappa shape index (κ3) is 4.14. The van der Waals surface area contributed by atoms with Crippen molar-refractivity contribution in [2.24, 2.45) is 0 Å². The van der Waals surface area contributed by atoms with Crippen LogP contribution in [-0.4, -0.2) is 73.1 Å². The molecule has 0 spiro atoms. The molecule has 1 aromatic rings. The maximum absolute atomic E-state index is 13.2. The van der Waals surface area contributed by atoms with E-state index in [9.17, 15) is 9.59 Å². The summed E-state index contributed by atoms with van der Waals surface area (Å²) >= 11 is 0. The number of methoxy groups -OCH3 is 1. The molecule has 3 aliphatic rings. The average Bonchev–Trinajstić information content (AvgIpc) is 2.77. The van der Waals surface area contributed by atoms with Gasteiger partial charge in [-0.2, -0.15) is 0 Å². The summed E-state index contributed by atoms with van der Waals surface area (Å²) in [6.45, 7) is 2.10. The Morgan fingerprint density at radius 3 is 2.72 bits per heavy atom. The molecule has 0 bridgehead atoms. The van der Waals surface area contributed by atoms with Crippen LogP contribution in [0.25, 0.3) is 6.08 Å². The van der Waals surface area contributed by atoms with Crippen LogP contribution in [0.3, 0.4) is 0 Å². The van der Waals surface area contributed by atoms with Crippen molar-refractivity contribution < 1.29 is 28.4 Å². The highest BCUT2D eigenvalue weighted by Crippen LogP contribution is 2.22. The molecule has 0 radical (unpaired) electrons. The van der Waals surface area contributed by atoms with Gasteiger partial charge in [-0.3, -0.25) is 4.79 Å². The highest BCUT2D eigenvalue weighted by atomic mass is 16.5. The zero-order chi connectivity index (χ0) is 20.2. The summed E-state index contributed by atoms with van der Waals surface area (Å²) in [5.41, 5.74) is 1.48. The van der Waals surface area contributed by atoms with Gasteiger partial charge in [0.25, 0.3) is 5.91 Å². The van der Waals surface area contributed by atoms with E-state index >= 15 is 0 Å². The van der Waals surface area contributed by atoms with Crippen molar-refractivity contribution in [3.8, 4) is 5.75 Å². The molecule has 2 heterocycles. The van der Waals surface area contributed by atoms with E-state index < -0.39 is 6.10 Å². The molecule has 4 rings (SSSR count). The van der Waals surface area contributed by atoms with Gasteiger partial charge >= 0.3 is 5.91 Å². The number of nitrogens with zero attached hydrogens (tertiary/aromatic N) is 2. The van der Waals surface area contributed by atoms with Crippen molar-refractivity contribution in [2.45, 2.75) is 6.10 Å². The van der Waals surface area contributed by atoms with Gasteiger partial charge in [0.05, 0.1) is 20.3 Å². The summed E-state index contributed by atoms with van der Waals surface area (Å²) in [6.07, 6.45) is 8.69. The largest absolute Gasteiger partial charge is 0.497 e. The van der Waals surface area contributed by atoms with Gasteiger partial charge in [-0.05, 0) is 29.8 Å². The predicted molar refractivity (Wildman–Crippen MR) is 107 cm³/mol. The van der Waals surface area contributed by atoms with E-state index in [-0.39, 0.29) is 24.1 Å². The molecule has 1 saturated heterocycles. The second-order valence-corrected chi connectivity index (χ2v) is 6.87. The number of carbonyl (C=O) groups is 2. The third-order valence-electron chi connectivity index (χ3n) is 5.05. The molecule has 2 aliphatic heterocycles. The van der Waals surface area contributed by atoms with Crippen molar-refractivity contribution >= 4 is 23.6 Å².